The summed E-state index contributed by atoms with van der Waals surface area (Å²) in [6.45, 7) is 2.23. The van der Waals surface area contributed by atoms with Gasteiger partial charge in [0, 0.05) is 21.8 Å². The molecule has 0 spiro atoms. The second-order valence-corrected chi connectivity index (χ2v) is 8.04. The predicted octanol–water partition coefficient (Wildman–Crippen LogP) is 5.32. The van der Waals surface area contributed by atoms with Crippen molar-refractivity contribution in [3.8, 4) is 17.7 Å². The Bertz CT molecular complexity index is 1410. The smallest absolute Gasteiger partial charge is 0.244 e. The Hall–Kier alpha value is -3.95. The molecule has 0 radical (unpaired) electrons. The topological polar surface area (TPSA) is 97.0 Å². The molecule has 0 saturated heterocycles. The number of nitriles is 1. The maximum absolute atomic E-state index is 9.86. The number of nitrogens with zero attached hydrogens (tertiary/aromatic N) is 2. The molecule has 1 aliphatic rings. The Balaban J connectivity index is 1.59. The number of aromatic amines is 1. The fourth-order valence-electron chi connectivity index (χ4n) is 4.16. The fraction of sp³-hybridized carbons (Fsp3) is 0.120. The number of nitrogens with one attached hydrogen (secondary N) is 1. The number of hydrogen-bond donors (Lipinski definition) is 2. The minimum absolute atomic E-state index is 0.0245. The molecule has 0 aliphatic carbocycles. The number of rotatable bonds is 4. The molecule has 0 amide bonds. The Morgan fingerprint density at radius 2 is 2.00 bits per heavy atom. The van der Waals surface area contributed by atoms with Crippen molar-refractivity contribution < 1.29 is 9.47 Å². The van der Waals surface area contributed by atoms with Crippen LogP contribution in [0.25, 0.3) is 10.8 Å². The predicted molar refractivity (Wildman–Crippen MR) is 122 cm³/mol. The lowest BCUT2D eigenvalue weighted by atomic mass is 9.83. The van der Waals surface area contributed by atoms with Crippen LogP contribution in [-0.4, -0.2) is 10.2 Å². The first-order chi connectivity index (χ1) is 15.6. The highest BCUT2D eigenvalue weighted by molar-refractivity contribution is 6.30. The number of halogens is 1. The normalized spacial score (nSPS) is 15.2. The van der Waals surface area contributed by atoms with Gasteiger partial charge in [0.05, 0.1) is 5.92 Å². The number of H-pyrrole nitrogens is 1. The summed E-state index contributed by atoms with van der Waals surface area (Å²) in [5, 5.41) is 19.8. The highest BCUT2D eigenvalue weighted by atomic mass is 35.5. The number of benzene rings is 3. The second-order valence-electron chi connectivity index (χ2n) is 7.60. The van der Waals surface area contributed by atoms with Gasteiger partial charge in [-0.25, -0.2) is 0 Å². The molecular weight excluding hydrogens is 424 g/mol. The van der Waals surface area contributed by atoms with Gasteiger partial charge in [0.2, 0.25) is 11.8 Å². The van der Waals surface area contributed by atoms with Gasteiger partial charge in [-0.2, -0.15) is 5.26 Å². The van der Waals surface area contributed by atoms with Crippen molar-refractivity contribution in [3.63, 3.8) is 0 Å². The number of aromatic nitrogens is 2. The zero-order valence-electron chi connectivity index (χ0n) is 17.2. The first kappa shape index (κ1) is 20.0. The van der Waals surface area contributed by atoms with Gasteiger partial charge in [0.1, 0.15) is 24.0 Å². The average molecular weight is 443 g/mol. The highest BCUT2D eigenvalue weighted by Gasteiger charge is 2.36. The zero-order valence-corrected chi connectivity index (χ0v) is 18.0. The molecule has 0 saturated carbocycles. The summed E-state index contributed by atoms with van der Waals surface area (Å²) in [6.07, 6.45) is 0. The molecule has 158 valence electrons. The lowest BCUT2D eigenvalue weighted by Crippen LogP contribution is -2.21. The SMILES string of the molecule is Cc1[nH]nc2c1[C@H](c1cc(Cl)ccc1OCc1cccc3ccccc13)C(C#N)=C(N)O2. The van der Waals surface area contributed by atoms with Crippen LogP contribution >= 0.6 is 11.6 Å². The number of fused-ring (bicyclic) bond motifs is 2. The van der Waals surface area contributed by atoms with Gasteiger partial charge >= 0.3 is 0 Å². The van der Waals surface area contributed by atoms with Crippen LogP contribution < -0.4 is 15.2 Å². The van der Waals surface area contributed by atoms with Gasteiger partial charge in [0.25, 0.3) is 0 Å². The van der Waals surface area contributed by atoms with E-state index in [1.54, 1.807) is 12.1 Å². The van der Waals surface area contributed by atoms with E-state index in [0.717, 1.165) is 33.2 Å². The van der Waals surface area contributed by atoms with Crippen LogP contribution in [0.15, 0.2) is 72.1 Å². The van der Waals surface area contributed by atoms with Crippen molar-refractivity contribution in [2.45, 2.75) is 19.4 Å². The quantitative estimate of drug-likeness (QED) is 0.445. The highest BCUT2D eigenvalue weighted by Crippen LogP contribution is 2.46. The number of aryl methyl sites for hydroxylation is 1. The molecule has 32 heavy (non-hydrogen) atoms. The molecule has 2 heterocycles. The minimum Gasteiger partial charge on any atom is -0.489 e. The maximum Gasteiger partial charge on any atom is 0.244 e. The van der Waals surface area contributed by atoms with Crippen molar-refractivity contribution in [2.75, 3.05) is 0 Å². The first-order valence-electron chi connectivity index (χ1n) is 10.1. The van der Waals surface area contributed by atoms with Crippen LogP contribution in [0.2, 0.25) is 5.02 Å². The summed E-state index contributed by atoms with van der Waals surface area (Å²) < 4.78 is 11.9. The average Bonchev–Trinajstić information content (AvgIpc) is 3.17. The van der Waals surface area contributed by atoms with Crippen LogP contribution in [0.3, 0.4) is 0 Å². The molecule has 0 bridgehead atoms. The third-order valence-corrected chi connectivity index (χ3v) is 5.91. The summed E-state index contributed by atoms with van der Waals surface area (Å²) in [6, 6.07) is 21.9. The molecule has 0 fully saturated rings. The van der Waals surface area contributed by atoms with E-state index >= 15 is 0 Å². The van der Waals surface area contributed by atoms with E-state index in [9.17, 15) is 5.26 Å². The summed E-state index contributed by atoms with van der Waals surface area (Å²) in [7, 11) is 0. The zero-order chi connectivity index (χ0) is 22.2. The van der Waals surface area contributed by atoms with E-state index < -0.39 is 5.92 Å². The molecule has 7 heteroatoms. The summed E-state index contributed by atoms with van der Waals surface area (Å²) in [5.74, 6) is 0.477. The van der Waals surface area contributed by atoms with Gasteiger partial charge in [-0.3, -0.25) is 5.10 Å². The van der Waals surface area contributed by atoms with Gasteiger partial charge in [0.15, 0.2) is 0 Å². The summed E-state index contributed by atoms with van der Waals surface area (Å²) >= 11 is 6.36. The van der Waals surface area contributed by atoms with Crippen LogP contribution in [0.1, 0.15) is 28.3 Å². The van der Waals surface area contributed by atoms with E-state index in [1.807, 2.05) is 37.3 Å². The van der Waals surface area contributed by atoms with Crippen molar-refractivity contribution in [3.05, 3.63) is 99.5 Å². The summed E-state index contributed by atoms with van der Waals surface area (Å²) in [5.41, 5.74) is 9.67. The van der Waals surface area contributed by atoms with Gasteiger partial charge in [-0.05, 0) is 41.5 Å². The van der Waals surface area contributed by atoms with Gasteiger partial charge < -0.3 is 15.2 Å². The second kappa shape index (κ2) is 7.95. The number of allylic oxidation sites excluding steroid dienone is 1. The number of ether oxygens (including phenoxy) is 2. The molecule has 1 aromatic heterocycles. The van der Waals surface area contributed by atoms with E-state index in [1.165, 1.54) is 0 Å². The van der Waals surface area contributed by atoms with Crippen LogP contribution in [0, 0.1) is 18.3 Å². The van der Waals surface area contributed by atoms with Crippen LogP contribution in [0.5, 0.6) is 11.6 Å². The molecule has 0 unspecified atom stereocenters. The monoisotopic (exact) mass is 442 g/mol. The van der Waals surface area contributed by atoms with Crippen molar-refractivity contribution in [2.24, 2.45) is 5.73 Å². The third-order valence-electron chi connectivity index (χ3n) is 5.68. The van der Waals surface area contributed by atoms with E-state index in [4.69, 9.17) is 26.8 Å². The molecular formula is C25H19ClN4O2. The Labute approximate surface area is 189 Å². The first-order valence-corrected chi connectivity index (χ1v) is 10.5. The Kier molecular flexibility index (Phi) is 4.96. The van der Waals surface area contributed by atoms with E-state index in [-0.39, 0.29) is 5.88 Å². The molecule has 3 aromatic carbocycles. The van der Waals surface area contributed by atoms with Gasteiger partial charge in [-0.15, -0.1) is 5.10 Å². The van der Waals surface area contributed by atoms with Crippen molar-refractivity contribution >= 4 is 22.4 Å². The fourth-order valence-corrected chi connectivity index (χ4v) is 4.34. The molecule has 4 aromatic rings. The number of hydrogen-bond acceptors (Lipinski definition) is 5. The standard InChI is InChI=1S/C25H19ClN4O2/c1-14-22-23(20(12-27)24(28)32-25(22)30-29-14)19-11-17(26)9-10-21(19)31-13-16-7-4-6-15-5-2-3-8-18(15)16/h2-11,23H,13,28H2,1H3,(H,29,30)/t23-/m1/s1. The van der Waals surface area contributed by atoms with Crippen LogP contribution in [-0.2, 0) is 6.61 Å². The molecule has 6 nitrogen and oxygen atoms in total. The lowest BCUT2D eigenvalue weighted by molar-refractivity contribution is 0.303. The largest absolute Gasteiger partial charge is 0.489 e. The molecule has 5 rings (SSSR count). The third kappa shape index (κ3) is 3.33. The van der Waals surface area contributed by atoms with Crippen molar-refractivity contribution in [1.29, 1.82) is 5.26 Å². The summed E-state index contributed by atoms with van der Waals surface area (Å²) in [4.78, 5) is 0. The molecule has 3 N–H and O–H groups in total. The molecule has 1 atom stereocenters. The van der Waals surface area contributed by atoms with Crippen molar-refractivity contribution in [1.82, 2.24) is 10.2 Å². The van der Waals surface area contributed by atoms with Crippen LogP contribution in [0.4, 0.5) is 0 Å². The van der Waals surface area contributed by atoms with E-state index in [0.29, 0.717) is 28.8 Å². The Morgan fingerprint density at radius 1 is 1.19 bits per heavy atom. The van der Waals surface area contributed by atoms with E-state index in [2.05, 4.69) is 34.5 Å². The van der Waals surface area contributed by atoms with Gasteiger partial charge in [-0.1, -0.05) is 54.1 Å². The Morgan fingerprint density at radius 3 is 2.84 bits per heavy atom. The minimum atomic E-state index is -0.510. The molecule has 1 aliphatic heterocycles. The maximum atomic E-state index is 9.86. The number of nitrogens with two attached hydrogens (primary N) is 1. The lowest BCUT2D eigenvalue weighted by Gasteiger charge is -2.25.